The van der Waals surface area contributed by atoms with Crippen molar-refractivity contribution in [1.82, 2.24) is 4.90 Å². The highest BCUT2D eigenvalue weighted by atomic mass is 19.1. The van der Waals surface area contributed by atoms with Crippen LogP contribution >= 0.6 is 0 Å². The molecule has 0 radical (unpaired) electrons. The fourth-order valence-corrected chi connectivity index (χ4v) is 1.80. The summed E-state index contributed by atoms with van der Waals surface area (Å²) in [5, 5.41) is 9.58. The second-order valence-electron chi connectivity index (χ2n) is 4.23. The fourth-order valence-electron chi connectivity index (χ4n) is 1.80. The lowest BCUT2D eigenvalue weighted by Crippen LogP contribution is -2.28. The molecule has 0 aliphatic heterocycles. The van der Waals surface area contributed by atoms with Crippen molar-refractivity contribution >= 4 is 0 Å². The fraction of sp³-hybridized carbons (Fsp3) is 0.571. The summed E-state index contributed by atoms with van der Waals surface area (Å²) >= 11 is 0. The van der Waals surface area contributed by atoms with Gasteiger partial charge in [0.05, 0.1) is 6.10 Å². The minimum atomic E-state index is -0.658. The summed E-state index contributed by atoms with van der Waals surface area (Å²) < 4.78 is 18.7. The van der Waals surface area contributed by atoms with E-state index in [1.165, 1.54) is 12.1 Å². The van der Waals surface area contributed by atoms with Gasteiger partial charge >= 0.3 is 0 Å². The first-order chi connectivity index (χ1) is 8.58. The zero-order valence-corrected chi connectivity index (χ0v) is 11.3. The lowest BCUT2D eigenvalue weighted by atomic mass is 10.1. The third-order valence-electron chi connectivity index (χ3n) is 2.99. The topological polar surface area (TPSA) is 32.7 Å². The number of halogens is 1. The Hall–Kier alpha value is -1.13. The van der Waals surface area contributed by atoms with Gasteiger partial charge in [0.25, 0.3) is 0 Å². The first kappa shape index (κ1) is 14.9. The molecular formula is C14H22FNO2. The van der Waals surface area contributed by atoms with Gasteiger partial charge in [-0.2, -0.15) is 0 Å². The van der Waals surface area contributed by atoms with Gasteiger partial charge in [0.15, 0.2) is 0 Å². The summed E-state index contributed by atoms with van der Waals surface area (Å²) in [5.41, 5.74) is 0.621. The average molecular weight is 255 g/mol. The number of ether oxygens (including phenoxy) is 1. The third-order valence-corrected chi connectivity index (χ3v) is 2.99. The second-order valence-corrected chi connectivity index (χ2v) is 4.23. The molecule has 0 aliphatic rings. The number of nitrogens with zero attached hydrogens (tertiary/aromatic N) is 1. The smallest absolute Gasteiger partial charge is 0.128 e. The van der Waals surface area contributed by atoms with Gasteiger partial charge in [0.1, 0.15) is 18.2 Å². The Bertz CT molecular complexity index is 365. The molecule has 18 heavy (non-hydrogen) atoms. The van der Waals surface area contributed by atoms with E-state index in [0.29, 0.717) is 17.9 Å². The first-order valence-electron chi connectivity index (χ1n) is 6.41. The van der Waals surface area contributed by atoms with Crippen molar-refractivity contribution in [2.24, 2.45) is 0 Å². The van der Waals surface area contributed by atoms with Crippen molar-refractivity contribution in [3.8, 4) is 5.75 Å². The number of aliphatic hydroxyl groups is 1. The predicted octanol–water partition coefficient (Wildman–Crippen LogP) is 2.60. The molecule has 0 spiro atoms. The molecule has 0 bridgehead atoms. The lowest BCUT2D eigenvalue weighted by Gasteiger charge is -2.19. The number of hydrogen-bond donors (Lipinski definition) is 1. The monoisotopic (exact) mass is 255 g/mol. The van der Waals surface area contributed by atoms with E-state index >= 15 is 0 Å². The first-order valence-corrected chi connectivity index (χ1v) is 6.41. The van der Waals surface area contributed by atoms with E-state index in [4.69, 9.17) is 4.74 Å². The van der Waals surface area contributed by atoms with E-state index in [0.717, 1.165) is 19.6 Å². The summed E-state index contributed by atoms with van der Waals surface area (Å²) in [6.07, 6.45) is -0.658. The SMILES string of the molecule is CCN(CC)CCOc1cc(F)ccc1[C@@H](C)O. The number of likely N-dealkylation sites (N-methyl/N-ethyl adjacent to an activating group) is 1. The van der Waals surface area contributed by atoms with Crippen LogP contribution in [-0.4, -0.2) is 36.2 Å². The molecule has 0 heterocycles. The second kappa shape index (κ2) is 7.34. The minimum Gasteiger partial charge on any atom is -0.492 e. The largest absolute Gasteiger partial charge is 0.492 e. The minimum absolute atomic E-state index is 0.350. The summed E-state index contributed by atoms with van der Waals surface area (Å²) in [7, 11) is 0. The molecule has 0 saturated carbocycles. The van der Waals surface area contributed by atoms with Crippen LogP contribution in [0.1, 0.15) is 32.4 Å². The number of hydrogen-bond acceptors (Lipinski definition) is 3. The molecule has 3 nitrogen and oxygen atoms in total. The van der Waals surface area contributed by atoms with E-state index < -0.39 is 6.10 Å². The van der Waals surface area contributed by atoms with Crippen molar-refractivity contribution in [2.45, 2.75) is 26.9 Å². The summed E-state index contributed by atoms with van der Waals surface area (Å²) in [4.78, 5) is 2.22. The highest BCUT2D eigenvalue weighted by molar-refractivity contribution is 5.35. The molecule has 1 atom stereocenters. The van der Waals surface area contributed by atoms with Crippen molar-refractivity contribution in [2.75, 3.05) is 26.2 Å². The van der Waals surface area contributed by atoms with Gasteiger partial charge in [-0.25, -0.2) is 4.39 Å². The van der Waals surface area contributed by atoms with Crippen LogP contribution in [0, 0.1) is 5.82 Å². The molecule has 0 aromatic heterocycles. The Morgan fingerprint density at radius 1 is 1.33 bits per heavy atom. The highest BCUT2D eigenvalue weighted by Crippen LogP contribution is 2.25. The van der Waals surface area contributed by atoms with E-state index in [2.05, 4.69) is 18.7 Å². The molecule has 1 N–H and O–H groups in total. The zero-order chi connectivity index (χ0) is 13.5. The molecule has 0 unspecified atom stereocenters. The van der Waals surface area contributed by atoms with Crippen LogP contribution in [0.2, 0.25) is 0 Å². The molecule has 0 aliphatic carbocycles. The molecular weight excluding hydrogens is 233 g/mol. The Labute approximate surface area is 108 Å². The zero-order valence-electron chi connectivity index (χ0n) is 11.3. The third kappa shape index (κ3) is 4.27. The maximum atomic E-state index is 13.2. The number of rotatable bonds is 7. The molecule has 1 aromatic rings. The Morgan fingerprint density at radius 3 is 2.56 bits per heavy atom. The van der Waals surface area contributed by atoms with Gasteiger partial charge in [-0.3, -0.25) is 0 Å². The summed E-state index contributed by atoms with van der Waals surface area (Å²) in [5.74, 6) is 0.0781. The molecule has 1 rings (SSSR count). The molecule has 102 valence electrons. The lowest BCUT2D eigenvalue weighted by molar-refractivity contribution is 0.184. The van der Waals surface area contributed by atoms with E-state index in [1.807, 2.05) is 0 Å². The van der Waals surface area contributed by atoms with E-state index in [-0.39, 0.29) is 5.82 Å². The predicted molar refractivity (Wildman–Crippen MR) is 70.3 cm³/mol. The molecule has 0 saturated heterocycles. The van der Waals surface area contributed by atoms with Crippen molar-refractivity contribution in [3.05, 3.63) is 29.6 Å². The average Bonchev–Trinajstić information content (AvgIpc) is 2.34. The summed E-state index contributed by atoms with van der Waals surface area (Å²) in [6, 6.07) is 4.22. The molecule has 1 aromatic carbocycles. The van der Waals surface area contributed by atoms with Gasteiger partial charge in [-0.15, -0.1) is 0 Å². The number of aliphatic hydroxyl groups excluding tert-OH is 1. The van der Waals surface area contributed by atoms with Gasteiger partial charge < -0.3 is 14.7 Å². The van der Waals surface area contributed by atoms with Crippen LogP contribution in [0.5, 0.6) is 5.75 Å². The standard InChI is InChI=1S/C14H22FNO2/c1-4-16(5-2)8-9-18-14-10-12(15)6-7-13(14)11(3)17/h6-7,10-11,17H,4-5,8-9H2,1-3H3/t11-/m1/s1. The van der Waals surface area contributed by atoms with E-state index in [1.54, 1.807) is 13.0 Å². The van der Waals surface area contributed by atoms with Crippen LogP contribution in [0.25, 0.3) is 0 Å². The van der Waals surface area contributed by atoms with Crippen molar-refractivity contribution < 1.29 is 14.2 Å². The van der Waals surface area contributed by atoms with Gasteiger partial charge in [0.2, 0.25) is 0 Å². The van der Waals surface area contributed by atoms with Gasteiger partial charge in [-0.05, 0) is 32.1 Å². The highest BCUT2D eigenvalue weighted by Gasteiger charge is 2.10. The van der Waals surface area contributed by atoms with E-state index in [9.17, 15) is 9.50 Å². The molecule has 0 fully saturated rings. The normalized spacial score (nSPS) is 12.8. The van der Waals surface area contributed by atoms with Crippen LogP contribution in [0.15, 0.2) is 18.2 Å². The molecule has 0 amide bonds. The van der Waals surface area contributed by atoms with Crippen LogP contribution in [0.3, 0.4) is 0 Å². The Morgan fingerprint density at radius 2 is 2.00 bits per heavy atom. The van der Waals surface area contributed by atoms with Gasteiger partial charge in [-0.1, -0.05) is 13.8 Å². The van der Waals surface area contributed by atoms with Crippen LogP contribution < -0.4 is 4.74 Å². The summed E-state index contributed by atoms with van der Waals surface area (Å²) in [6.45, 7) is 9.04. The van der Waals surface area contributed by atoms with Crippen molar-refractivity contribution in [3.63, 3.8) is 0 Å². The number of benzene rings is 1. The van der Waals surface area contributed by atoms with Crippen LogP contribution in [0.4, 0.5) is 4.39 Å². The maximum absolute atomic E-state index is 13.2. The van der Waals surface area contributed by atoms with Crippen LogP contribution in [-0.2, 0) is 0 Å². The molecule has 4 heteroatoms. The Kier molecular flexibility index (Phi) is 6.09. The maximum Gasteiger partial charge on any atom is 0.128 e. The van der Waals surface area contributed by atoms with Gasteiger partial charge in [0, 0.05) is 18.2 Å². The van der Waals surface area contributed by atoms with Crippen molar-refractivity contribution in [1.29, 1.82) is 0 Å². The Balaban J connectivity index is 2.63. The quantitative estimate of drug-likeness (QED) is 0.813.